The lowest BCUT2D eigenvalue weighted by Crippen LogP contribution is -2.23. The number of carbonyl (C=O) groups is 1. The summed E-state index contributed by atoms with van der Waals surface area (Å²) < 4.78 is 6.89. The molecule has 0 atom stereocenters. The summed E-state index contributed by atoms with van der Waals surface area (Å²) in [5.41, 5.74) is 3.80. The first-order chi connectivity index (χ1) is 13.2. The second-order valence-corrected chi connectivity index (χ2v) is 7.20. The predicted octanol–water partition coefficient (Wildman–Crippen LogP) is 3.52. The summed E-state index contributed by atoms with van der Waals surface area (Å²) in [7, 11) is 1.68. The smallest absolute Gasteiger partial charge is 0.227 e. The van der Waals surface area contributed by atoms with Crippen molar-refractivity contribution < 1.29 is 9.53 Å². The van der Waals surface area contributed by atoms with Crippen LogP contribution in [0.15, 0.2) is 42.0 Å². The number of thiazole rings is 1. The molecule has 1 amide bonds. The molecule has 7 nitrogen and oxygen atoms in total. The average molecular weight is 383 g/mol. The van der Waals surface area contributed by atoms with Gasteiger partial charge in [-0.1, -0.05) is 12.1 Å². The molecule has 1 saturated heterocycles. The van der Waals surface area contributed by atoms with Crippen molar-refractivity contribution >= 4 is 33.8 Å². The molecule has 4 rings (SSSR count). The van der Waals surface area contributed by atoms with Crippen LogP contribution in [0.1, 0.15) is 12.8 Å². The van der Waals surface area contributed by atoms with Crippen LogP contribution >= 0.6 is 11.3 Å². The highest BCUT2D eigenvalue weighted by Gasteiger charge is 2.21. The normalized spacial score (nSPS) is 14.1. The van der Waals surface area contributed by atoms with Crippen LogP contribution in [0.4, 0.5) is 16.5 Å². The van der Waals surface area contributed by atoms with Crippen LogP contribution in [0, 0.1) is 0 Å². The molecule has 8 heteroatoms. The Kier molecular flexibility index (Phi) is 5.17. The highest BCUT2D eigenvalue weighted by molar-refractivity contribution is 7.14. The van der Waals surface area contributed by atoms with Gasteiger partial charge in [0, 0.05) is 42.9 Å². The summed E-state index contributed by atoms with van der Waals surface area (Å²) in [6.07, 6.45) is 5.29. The van der Waals surface area contributed by atoms with Crippen LogP contribution in [0.25, 0.3) is 11.3 Å². The highest BCUT2D eigenvalue weighted by Crippen LogP contribution is 2.29. The summed E-state index contributed by atoms with van der Waals surface area (Å²) in [5, 5.41) is 10.4. The Labute approximate surface area is 161 Å². The minimum Gasteiger partial charge on any atom is -0.383 e. The van der Waals surface area contributed by atoms with Crippen molar-refractivity contribution in [1.82, 2.24) is 14.8 Å². The Balaban J connectivity index is 1.43. The number of anilines is 3. The summed E-state index contributed by atoms with van der Waals surface area (Å²) in [6.45, 7) is 2.15. The molecule has 1 aliphatic rings. The molecule has 3 heterocycles. The molecular formula is C19H21N5O2S. The monoisotopic (exact) mass is 383 g/mol. The van der Waals surface area contributed by atoms with E-state index < -0.39 is 0 Å². The predicted molar refractivity (Wildman–Crippen MR) is 107 cm³/mol. The van der Waals surface area contributed by atoms with E-state index in [0.717, 1.165) is 40.7 Å². The zero-order valence-corrected chi connectivity index (χ0v) is 15.9. The fourth-order valence-electron chi connectivity index (χ4n) is 3.06. The maximum atomic E-state index is 11.9. The van der Waals surface area contributed by atoms with Crippen LogP contribution in [0.5, 0.6) is 0 Å². The van der Waals surface area contributed by atoms with Crippen molar-refractivity contribution in [2.75, 3.05) is 30.5 Å². The molecule has 27 heavy (non-hydrogen) atoms. The minimum atomic E-state index is 0.203. The van der Waals surface area contributed by atoms with Crippen molar-refractivity contribution in [3.8, 4) is 11.3 Å². The van der Waals surface area contributed by atoms with E-state index in [1.165, 1.54) is 0 Å². The topological polar surface area (TPSA) is 72.3 Å². The number of methoxy groups -OCH3 is 1. The molecule has 0 unspecified atom stereocenters. The van der Waals surface area contributed by atoms with Gasteiger partial charge in [0.2, 0.25) is 5.91 Å². The number of benzene rings is 1. The van der Waals surface area contributed by atoms with Gasteiger partial charge in [0.05, 0.1) is 30.7 Å². The summed E-state index contributed by atoms with van der Waals surface area (Å²) >= 11 is 1.55. The number of hydrogen-bond donors (Lipinski definition) is 1. The summed E-state index contributed by atoms with van der Waals surface area (Å²) in [5.74, 6) is 0.203. The molecule has 2 aromatic heterocycles. The van der Waals surface area contributed by atoms with Crippen LogP contribution < -0.4 is 10.2 Å². The van der Waals surface area contributed by atoms with Crippen molar-refractivity contribution in [2.45, 2.75) is 19.4 Å². The highest BCUT2D eigenvalue weighted by atomic mass is 32.1. The first-order valence-electron chi connectivity index (χ1n) is 8.88. The van der Waals surface area contributed by atoms with E-state index in [2.05, 4.69) is 15.4 Å². The molecule has 1 N–H and O–H groups in total. The number of rotatable bonds is 7. The van der Waals surface area contributed by atoms with E-state index in [1.807, 2.05) is 45.4 Å². The molecule has 1 aliphatic heterocycles. The second-order valence-electron chi connectivity index (χ2n) is 6.34. The van der Waals surface area contributed by atoms with Gasteiger partial charge >= 0.3 is 0 Å². The van der Waals surface area contributed by atoms with E-state index in [0.29, 0.717) is 19.6 Å². The Morgan fingerprint density at radius 1 is 1.30 bits per heavy atom. The number of nitrogens with one attached hydrogen (secondary N) is 1. The van der Waals surface area contributed by atoms with Crippen molar-refractivity contribution in [3.63, 3.8) is 0 Å². The largest absolute Gasteiger partial charge is 0.383 e. The number of amides is 1. The molecule has 0 saturated carbocycles. The van der Waals surface area contributed by atoms with Gasteiger partial charge in [-0.3, -0.25) is 9.48 Å². The fourth-order valence-corrected chi connectivity index (χ4v) is 3.80. The maximum Gasteiger partial charge on any atom is 0.227 e. The molecule has 0 spiro atoms. The van der Waals surface area contributed by atoms with Gasteiger partial charge in [-0.05, 0) is 18.6 Å². The van der Waals surface area contributed by atoms with Gasteiger partial charge in [-0.2, -0.15) is 5.10 Å². The zero-order valence-electron chi connectivity index (χ0n) is 15.1. The maximum absolute atomic E-state index is 11.9. The van der Waals surface area contributed by atoms with E-state index in [9.17, 15) is 4.79 Å². The van der Waals surface area contributed by atoms with Crippen LogP contribution in [-0.4, -0.2) is 40.9 Å². The van der Waals surface area contributed by atoms with E-state index in [1.54, 1.807) is 24.6 Å². The third kappa shape index (κ3) is 4.01. The molecule has 3 aromatic rings. The second kappa shape index (κ2) is 7.89. The molecular weight excluding hydrogens is 362 g/mol. The Hall–Kier alpha value is -2.71. The van der Waals surface area contributed by atoms with Crippen molar-refractivity contribution in [3.05, 3.63) is 42.0 Å². The zero-order chi connectivity index (χ0) is 18.6. The molecule has 140 valence electrons. The van der Waals surface area contributed by atoms with E-state index in [4.69, 9.17) is 4.74 Å². The van der Waals surface area contributed by atoms with Crippen LogP contribution in [0.3, 0.4) is 0 Å². The Bertz CT molecular complexity index is 918. The third-order valence-electron chi connectivity index (χ3n) is 4.46. The van der Waals surface area contributed by atoms with Crippen LogP contribution in [-0.2, 0) is 16.1 Å². The van der Waals surface area contributed by atoms with Crippen molar-refractivity contribution in [2.24, 2.45) is 0 Å². The van der Waals surface area contributed by atoms with Gasteiger partial charge in [0.25, 0.3) is 0 Å². The quantitative estimate of drug-likeness (QED) is 0.676. The van der Waals surface area contributed by atoms with Crippen LogP contribution in [0.2, 0.25) is 0 Å². The van der Waals surface area contributed by atoms with Gasteiger partial charge in [-0.15, -0.1) is 11.3 Å². The minimum absolute atomic E-state index is 0.203. The molecule has 0 aliphatic carbocycles. The molecule has 1 aromatic carbocycles. The van der Waals surface area contributed by atoms with Gasteiger partial charge < -0.3 is 15.0 Å². The van der Waals surface area contributed by atoms with Gasteiger partial charge in [-0.25, -0.2) is 4.98 Å². The fraction of sp³-hybridized carbons (Fsp3) is 0.316. The number of carbonyl (C=O) groups excluding carboxylic acids is 1. The lowest BCUT2D eigenvalue weighted by atomic mass is 10.1. The summed E-state index contributed by atoms with van der Waals surface area (Å²) in [6, 6.07) is 8.01. The number of hydrogen-bond acceptors (Lipinski definition) is 6. The average Bonchev–Trinajstić information content (AvgIpc) is 3.42. The standard InChI is InChI=1S/C19H21N5O2S/c1-26-10-9-23-12-15(11-20-23)21-19-22-17(13-27-19)14-4-6-16(7-5-14)24-8-2-3-18(24)25/h4-7,11-13H,2-3,8-10H2,1H3,(H,21,22). The first-order valence-corrected chi connectivity index (χ1v) is 9.75. The number of aromatic nitrogens is 3. The number of ether oxygens (including phenoxy) is 1. The Morgan fingerprint density at radius 2 is 2.15 bits per heavy atom. The lowest BCUT2D eigenvalue weighted by molar-refractivity contribution is -0.117. The SMILES string of the molecule is COCCn1cc(Nc2nc(-c3ccc(N4CCCC4=O)cc3)cs2)cn1. The summed E-state index contributed by atoms with van der Waals surface area (Å²) in [4.78, 5) is 18.4. The molecule has 0 bridgehead atoms. The first kappa shape index (κ1) is 17.7. The third-order valence-corrected chi connectivity index (χ3v) is 5.22. The van der Waals surface area contributed by atoms with E-state index >= 15 is 0 Å². The van der Waals surface area contributed by atoms with Gasteiger partial charge in [0.15, 0.2) is 5.13 Å². The van der Waals surface area contributed by atoms with Gasteiger partial charge in [0.1, 0.15) is 0 Å². The molecule has 0 radical (unpaired) electrons. The lowest BCUT2D eigenvalue weighted by Gasteiger charge is -2.15. The molecule has 1 fully saturated rings. The Morgan fingerprint density at radius 3 is 2.89 bits per heavy atom. The van der Waals surface area contributed by atoms with E-state index in [-0.39, 0.29) is 5.91 Å². The number of nitrogens with zero attached hydrogens (tertiary/aromatic N) is 4. The van der Waals surface area contributed by atoms with Crippen molar-refractivity contribution in [1.29, 1.82) is 0 Å².